The number of carboxylic acid groups (broad SMARTS) is 1. The van der Waals surface area contributed by atoms with Crippen LogP contribution in [0.25, 0.3) is 28.2 Å². The number of carbonyl (C=O) groups is 2. The highest BCUT2D eigenvalue weighted by molar-refractivity contribution is 6.42. The second-order valence-corrected chi connectivity index (χ2v) is 8.58. The van der Waals surface area contributed by atoms with Crippen LogP contribution >= 0.6 is 34.8 Å². The molecule has 0 radical (unpaired) electrons. The standard InChI is InChI=1S/C24H17Cl3N2O4/c1-3-18-22(23(28-33-18)21-15(26)9-14(25)10-16(21)27)24(32)29-11-12(2)20-13(7-8-19(30)31)5-4-6-17(20)29/h4-11H,3H2,1-2H3,(H,30,31)/b8-7+. The van der Waals surface area contributed by atoms with E-state index in [2.05, 4.69) is 5.16 Å². The first kappa shape index (κ1) is 23.1. The van der Waals surface area contributed by atoms with E-state index in [0.29, 0.717) is 33.8 Å². The number of nitrogens with zero attached hydrogens (tertiary/aromatic N) is 2. The minimum Gasteiger partial charge on any atom is -0.478 e. The molecule has 168 valence electrons. The molecule has 0 fully saturated rings. The van der Waals surface area contributed by atoms with Crippen molar-refractivity contribution in [3.63, 3.8) is 0 Å². The lowest BCUT2D eigenvalue weighted by molar-refractivity contribution is -0.131. The van der Waals surface area contributed by atoms with Crippen LogP contribution in [-0.4, -0.2) is 26.7 Å². The second-order valence-electron chi connectivity index (χ2n) is 7.33. The van der Waals surface area contributed by atoms with Crippen molar-refractivity contribution in [3.8, 4) is 11.3 Å². The molecule has 33 heavy (non-hydrogen) atoms. The molecule has 1 N–H and O–H groups in total. The Labute approximate surface area is 204 Å². The van der Waals surface area contributed by atoms with E-state index in [9.17, 15) is 9.59 Å². The van der Waals surface area contributed by atoms with Gasteiger partial charge in [-0.05, 0) is 42.3 Å². The van der Waals surface area contributed by atoms with E-state index in [1.165, 1.54) is 22.8 Å². The summed E-state index contributed by atoms with van der Waals surface area (Å²) in [7, 11) is 0. The van der Waals surface area contributed by atoms with Crippen molar-refractivity contribution < 1.29 is 19.2 Å². The molecular weight excluding hydrogens is 487 g/mol. The van der Waals surface area contributed by atoms with Crippen molar-refractivity contribution in [1.82, 2.24) is 9.72 Å². The van der Waals surface area contributed by atoms with Gasteiger partial charge < -0.3 is 9.63 Å². The molecule has 0 aliphatic carbocycles. The molecule has 0 aliphatic rings. The molecule has 0 saturated heterocycles. The zero-order valence-electron chi connectivity index (χ0n) is 17.5. The maximum Gasteiger partial charge on any atom is 0.328 e. The average Bonchev–Trinajstić information content (AvgIpc) is 3.32. The van der Waals surface area contributed by atoms with E-state index >= 15 is 0 Å². The van der Waals surface area contributed by atoms with Crippen LogP contribution < -0.4 is 0 Å². The van der Waals surface area contributed by atoms with Crippen molar-refractivity contribution in [2.45, 2.75) is 20.3 Å². The Bertz CT molecular complexity index is 1430. The quantitative estimate of drug-likeness (QED) is 0.299. The number of carbonyl (C=O) groups excluding carboxylic acids is 1. The van der Waals surface area contributed by atoms with Crippen LogP contribution in [0.1, 0.15) is 34.2 Å². The van der Waals surface area contributed by atoms with Crippen LogP contribution in [0.2, 0.25) is 15.1 Å². The molecule has 6 nitrogen and oxygen atoms in total. The average molecular weight is 504 g/mol. The smallest absolute Gasteiger partial charge is 0.328 e. The topological polar surface area (TPSA) is 85.3 Å². The van der Waals surface area contributed by atoms with Gasteiger partial charge in [-0.2, -0.15) is 0 Å². The maximum atomic E-state index is 13.8. The Balaban J connectivity index is 1.93. The van der Waals surface area contributed by atoms with Crippen LogP contribution in [0.5, 0.6) is 0 Å². The third-order valence-electron chi connectivity index (χ3n) is 5.22. The van der Waals surface area contributed by atoms with Gasteiger partial charge in [-0.3, -0.25) is 9.36 Å². The molecule has 0 spiro atoms. The molecule has 2 aromatic carbocycles. The van der Waals surface area contributed by atoms with Gasteiger partial charge in [0.05, 0.1) is 15.6 Å². The maximum absolute atomic E-state index is 13.8. The molecule has 0 atom stereocenters. The number of fused-ring (bicyclic) bond motifs is 1. The lowest BCUT2D eigenvalue weighted by atomic mass is 10.0. The molecule has 0 saturated carbocycles. The first-order chi connectivity index (χ1) is 15.7. The van der Waals surface area contributed by atoms with E-state index in [4.69, 9.17) is 44.4 Å². The Morgan fingerprint density at radius 2 is 1.88 bits per heavy atom. The second kappa shape index (κ2) is 9.06. The number of aryl methyl sites for hydroxylation is 2. The fraction of sp³-hybridized carbons (Fsp3) is 0.125. The summed E-state index contributed by atoms with van der Waals surface area (Å²) in [6.07, 6.45) is 4.68. The predicted molar refractivity (Wildman–Crippen MR) is 129 cm³/mol. The molecule has 0 aliphatic heterocycles. The third-order valence-corrected chi connectivity index (χ3v) is 6.03. The van der Waals surface area contributed by atoms with E-state index in [1.54, 1.807) is 24.4 Å². The highest BCUT2D eigenvalue weighted by Gasteiger charge is 2.28. The van der Waals surface area contributed by atoms with E-state index < -0.39 is 5.97 Å². The van der Waals surface area contributed by atoms with Crippen molar-refractivity contribution in [3.05, 3.63) is 80.1 Å². The third kappa shape index (κ3) is 4.17. The number of aliphatic carboxylic acids is 1. The molecule has 0 amide bonds. The summed E-state index contributed by atoms with van der Waals surface area (Å²) in [5, 5.41) is 14.7. The van der Waals surface area contributed by atoms with Crippen molar-refractivity contribution in [1.29, 1.82) is 0 Å². The molecule has 0 unspecified atom stereocenters. The number of aromatic nitrogens is 2. The Morgan fingerprint density at radius 3 is 2.52 bits per heavy atom. The highest BCUT2D eigenvalue weighted by atomic mass is 35.5. The minimum absolute atomic E-state index is 0.227. The van der Waals surface area contributed by atoms with Crippen LogP contribution in [0, 0.1) is 6.92 Å². The van der Waals surface area contributed by atoms with Gasteiger partial charge in [0.25, 0.3) is 5.91 Å². The Kier molecular flexibility index (Phi) is 6.34. The molecule has 4 aromatic rings. The van der Waals surface area contributed by atoms with E-state index in [0.717, 1.165) is 17.0 Å². The predicted octanol–water partition coefficient (Wildman–Crippen LogP) is 6.91. The van der Waals surface area contributed by atoms with Gasteiger partial charge in [0.1, 0.15) is 17.0 Å². The summed E-state index contributed by atoms with van der Waals surface area (Å²) in [6.45, 7) is 3.70. The monoisotopic (exact) mass is 502 g/mol. The number of halogens is 3. The van der Waals surface area contributed by atoms with Crippen molar-refractivity contribution in [2.75, 3.05) is 0 Å². The molecule has 0 bridgehead atoms. The summed E-state index contributed by atoms with van der Waals surface area (Å²) in [5.74, 6) is -1.04. The number of hydrogen-bond acceptors (Lipinski definition) is 4. The first-order valence-corrected chi connectivity index (χ1v) is 11.1. The van der Waals surface area contributed by atoms with Gasteiger partial charge in [-0.25, -0.2) is 4.79 Å². The molecule has 2 aromatic heterocycles. The molecular formula is C24H17Cl3N2O4. The van der Waals surface area contributed by atoms with Gasteiger partial charge >= 0.3 is 5.97 Å². The fourth-order valence-electron chi connectivity index (χ4n) is 3.83. The number of benzene rings is 2. The number of carboxylic acids is 1. The number of rotatable bonds is 5. The van der Waals surface area contributed by atoms with Crippen LogP contribution in [0.3, 0.4) is 0 Å². The zero-order chi connectivity index (χ0) is 23.9. The Hall–Kier alpha value is -3.06. The van der Waals surface area contributed by atoms with Crippen molar-refractivity contribution >= 4 is 63.7 Å². The van der Waals surface area contributed by atoms with Gasteiger partial charge in [-0.15, -0.1) is 0 Å². The van der Waals surface area contributed by atoms with E-state index in [1.807, 2.05) is 13.8 Å². The normalized spacial score (nSPS) is 11.5. The summed E-state index contributed by atoms with van der Waals surface area (Å²) >= 11 is 18.8. The minimum atomic E-state index is -1.06. The van der Waals surface area contributed by atoms with Gasteiger partial charge in [-0.1, -0.05) is 59.0 Å². The van der Waals surface area contributed by atoms with Gasteiger partial charge in [0, 0.05) is 34.7 Å². The summed E-state index contributed by atoms with van der Waals surface area (Å²) < 4.78 is 6.97. The highest BCUT2D eigenvalue weighted by Crippen LogP contribution is 2.40. The lowest BCUT2D eigenvalue weighted by Crippen LogP contribution is -2.13. The van der Waals surface area contributed by atoms with Gasteiger partial charge in [0.2, 0.25) is 0 Å². The summed E-state index contributed by atoms with van der Waals surface area (Å²) in [5.41, 5.74) is 2.93. The van der Waals surface area contributed by atoms with E-state index in [-0.39, 0.29) is 27.2 Å². The van der Waals surface area contributed by atoms with Crippen LogP contribution in [-0.2, 0) is 11.2 Å². The first-order valence-electron chi connectivity index (χ1n) is 9.92. The molecule has 9 heteroatoms. The molecule has 2 heterocycles. The lowest BCUT2D eigenvalue weighted by Gasteiger charge is -2.09. The largest absolute Gasteiger partial charge is 0.478 e. The fourth-order valence-corrected chi connectivity index (χ4v) is 4.83. The summed E-state index contributed by atoms with van der Waals surface area (Å²) in [6, 6.07) is 8.39. The Morgan fingerprint density at radius 1 is 1.18 bits per heavy atom. The summed E-state index contributed by atoms with van der Waals surface area (Å²) in [4.78, 5) is 24.8. The number of hydrogen-bond donors (Lipinski definition) is 1. The zero-order valence-corrected chi connectivity index (χ0v) is 19.8. The molecule has 4 rings (SSSR count). The van der Waals surface area contributed by atoms with Crippen LogP contribution in [0.15, 0.2) is 47.1 Å². The van der Waals surface area contributed by atoms with Crippen LogP contribution in [0.4, 0.5) is 0 Å². The SMILES string of the molecule is CCc1onc(-c2c(Cl)cc(Cl)cc2Cl)c1C(=O)n1cc(C)c2c(/C=C/C(=O)O)cccc21. The van der Waals surface area contributed by atoms with Gasteiger partial charge in [0.15, 0.2) is 0 Å². The van der Waals surface area contributed by atoms with Crippen molar-refractivity contribution in [2.24, 2.45) is 0 Å².